The minimum absolute atomic E-state index is 0.164. The Balaban J connectivity index is 2.20. The summed E-state index contributed by atoms with van der Waals surface area (Å²) in [5, 5.41) is 0. The van der Waals surface area contributed by atoms with Gasteiger partial charge in [-0.05, 0) is 55.2 Å². The molecule has 4 heteroatoms. The van der Waals surface area contributed by atoms with Gasteiger partial charge < -0.3 is 10.5 Å². The molecule has 2 N–H and O–H groups in total. The van der Waals surface area contributed by atoms with Gasteiger partial charge >= 0.3 is 5.97 Å². The zero-order chi connectivity index (χ0) is 18.2. The Morgan fingerprint density at radius 3 is 2.56 bits per heavy atom. The first-order valence-corrected chi connectivity index (χ1v) is 8.72. The van der Waals surface area contributed by atoms with Crippen LogP contribution < -0.4 is 5.73 Å². The smallest absolute Gasteiger partial charge is 0.338 e. The second kappa shape index (κ2) is 9.02. The first-order valence-electron chi connectivity index (χ1n) is 8.72. The van der Waals surface area contributed by atoms with Crippen LogP contribution in [0.15, 0.2) is 42.5 Å². The van der Waals surface area contributed by atoms with Crippen LogP contribution in [-0.2, 0) is 11.2 Å². The summed E-state index contributed by atoms with van der Waals surface area (Å²) in [7, 11) is 0. The highest BCUT2D eigenvalue weighted by Gasteiger charge is 2.11. The van der Waals surface area contributed by atoms with Gasteiger partial charge in [0.05, 0.1) is 12.2 Å². The Kier molecular flexibility index (Phi) is 6.75. The SMILES string of the molecule is CCCCC(=O)c1cccc(Cc2cc(C(=O)OCC)ccc2N)c1. The summed E-state index contributed by atoms with van der Waals surface area (Å²) >= 11 is 0. The van der Waals surface area contributed by atoms with E-state index in [2.05, 4.69) is 6.92 Å². The Bertz CT molecular complexity index is 753. The maximum Gasteiger partial charge on any atom is 0.338 e. The van der Waals surface area contributed by atoms with Crippen LogP contribution in [0.25, 0.3) is 0 Å². The minimum atomic E-state index is -0.354. The molecule has 0 aromatic heterocycles. The van der Waals surface area contributed by atoms with Gasteiger partial charge in [0.2, 0.25) is 0 Å². The molecule has 4 nitrogen and oxygen atoms in total. The molecule has 0 amide bonds. The first-order chi connectivity index (χ1) is 12.0. The largest absolute Gasteiger partial charge is 0.462 e. The second-order valence-electron chi connectivity index (χ2n) is 6.04. The van der Waals surface area contributed by atoms with Gasteiger partial charge in [-0.25, -0.2) is 4.79 Å². The third-order valence-corrected chi connectivity index (χ3v) is 4.06. The topological polar surface area (TPSA) is 69.4 Å². The Morgan fingerprint density at radius 1 is 1.04 bits per heavy atom. The lowest BCUT2D eigenvalue weighted by molar-refractivity contribution is 0.0526. The molecule has 2 aromatic rings. The monoisotopic (exact) mass is 339 g/mol. The highest BCUT2D eigenvalue weighted by atomic mass is 16.5. The number of carbonyl (C=O) groups excluding carboxylic acids is 2. The Labute approximate surface area is 149 Å². The van der Waals surface area contributed by atoms with Gasteiger partial charge in [0.15, 0.2) is 5.78 Å². The fourth-order valence-electron chi connectivity index (χ4n) is 2.66. The van der Waals surface area contributed by atoms with Crippen molar-refractivity contribution in [1.82, 2.24) is 0 Å². The number of benzene rings is 2. The molecule has 0 radical (unpaired) electrons. The molecule has 0 saturated carbocycles. The quantitative estimate of drug-likeness (QED) is 0.439. The van der Waals surface area contributed by atoms with E-state index in [-0.39, 0.29) is 11.8 Å². The van der Waals surface area contributed by atoms with Crippen LogP contribution in [0.3, 0.4) is 0 Å². The highest BCUT2D eigenvalue weighted by Crippen LogP contribution is 2.20. The van der Waals surface area contributed by atoms with Gasteiger partial charge in [0.1, 0.15) is 0 Å². The molecule has 0 aliphatic rings. The van der Waals surface area contributed by atoms with Gasteiger partial charge in [0.25, 0.3) is 0 Å². The number of unbranched alkanes of at least 4 members (excludes halogenated alkanes) is 1. The summed E-state index contributed by atoms with van der Waals surface area (Å²) in [5.41, 5.74) is 9.74. The number of esters is 1. The summed E-state index contributed by atoms with van der Waals surface area (Å²) < 4.78 is 5.04. The van der Waals surface area contributed by atoms with E-state index in [9.17, 15) is 9.59 Å². The van der Waals surface area contributed by atoms with Gasteiger partial charge in [-0.2, -0.15) is 0 Å². The predicted octanol–water partition coefficient (Wildman–Crippen LogP) is 4.41. The second-order valence-corrected chi connectivity index (χ2v) is 6.04. The highest BCUT2D eigenvalue weighted by molar-refractivity contribution is 5.96. The van der Waals surface area contributed by atoms with Crippen LogP contribution >= 0.6 is 0 Å². The van der Waals surface area contributed by atoms with E-state index in [0.29, 0.717) is 30.7 Å². The summed E-state index contributed by atoms with van der Waals surface area (Å²) in [4.78, 5) is 24.1. The van der Waals surface area contributed by atoms with E-state index >= 15 is 0 Å². The van der Waals surface area contributed by atoms with Crippen molar-refractivity contribution in [3.05, 3.63) is 64.7 Å². The molecule has 0 saturated heterocycles. The van der Waals surface area contributed by atoms with Crippen molar-refractivity contribution >= 4 is 17.4 Å². The van der Waals surface area contributed by atoms with Crippen molar-refractivity contribution in [3.8, 4) is 0 Å². The molecule has 0 atom stereocenters. The third kappa shape index (κ3) is 5.18. The molecule has 0 spiro atoms. The standard InChI is InChI=1S/C21H25NO3/c1-3-5-9-20(23)16-8-6-7-15(12-16)13-18-14-17(10-11-19(18)22)21(24)25-4-2/h6-8,10-12,14H,3-5,9,13,22H2,1-2H3. The number of hydrogen-bond donors (Lipinski definition) is 1. The number of rotatable bonds is 8. The number of ether oxygens (including phenoxy) is 1. The molecule has 2 rings (SSSR count). The molecule has 0 fully saturated rings. The number of anilines is 1. The van der Waals surface area contributed by atoms with E-state index in [1.807, 2.05) is 24.3 Å². The number of nitrogens with two attached hydrogens (primary N) is 1. The van der Waals surface area contributed by atoms with Crippen LogP contribution in [0, 0.1) is 0 Å². The average Bonchev–Trinajstić information content (AvgIpc) is 2.62. The van der Waals surface area contributed by atoms with Crippen LogP contribution in [0.5, 0.6) is 0 Å². The van der Waals surface area contributed by atoms with Crippen LogP contribution in [0.2, 0.25) is 0 Å². The van der Waals surface area contributed by atoms with Crippen molar-refractivity contribution in [1.29, 1.82) is 0 Å². The van der Waals surface area contributed by atoms with Crippen molar-refractivity contribution in [2.45, 2.75) is 39.5 Å². The number of nitrogen functional groups attached to an aromatic ring is 1. The fourth-order valence-corrected chi connectivity index (χ4v) is 2.66. The zero-order valence-corrected chi connectivity index (χ0v) is 14.9. The van der Waals surface area contributed by atoms with Crippen LogP contribution in [0.4, 0.5) is 5.69 Å². The third-order valence-electron chi connectivity index (χ3n) is 4.06. The molecular weight excluding hydrogens is 314 g/mol. The molecule has 0 heterocycles. The van der Waals surface area contributed by atoms with E-state index < -0.39 is 0 Å². The molecule has 132 valence electrons. The fraction of sp³-hybridized carbons (Fsp3) is 0.333. The predicted molar refractivity (Wildman–Crippen MR) is 99.9 cm³/mol. The summed E-state index contributed by atoms with van der Waals surface area (Å²) in [6.45, 7) is 4.18. The lowest BCUT2D eigenvalue weighted by Gasteiger charge is -2.10. The Morgan fingerprint density at radius 2 is 1.84 bits per heavy atom. The molecule has 0 aliphatic heterocycles. The van der Waals surface area contributed by atoms with Gasteiger partial charge in [0, 0.05) is 17.7 Å². The molecule has 2 aromatic carbocycles. The van der Waals surface area contributed by atoms with Gasteiger partial charge in [-0.3, -0.25) is 4.79 Å². The normalized spacial score (nSPS) is 10.5. The Hall–Kier alpha value is -2.62. The van der Waals surface area contributed by atoms with E-state index in [4.69, 9.17) is 10.5 Å². The van der Waals surface area contributed by atoms with Crippen molar-refractivity contribution in [2.24, 2.45) is 0 Å². The van der Waals surface area contributed by atoms with Crippen LogP contribution in [0.1, 0.15) is 65.0 Å². The zero-order valence-electron chi connectivity index (χ0n) is 14.9. The lowest BCUT2D eigenvalue weighted by atomic mass is 9.97. The van der Waals surface area contributed by atoms with E-state index in [1.54, 1.807) is 25.1 Å². The average molecular weight is 339 g/mol. The molecular formula is C21H25NO3. The molecule has 25 heavy (non-hydrogen) atoms. The number of carbonyl (C=O) groups is 2. The van der Waals surface area contributed by atoms with Crippen molar-refractivity contribution < 1.29 is 14.3 Å². The minimum Gasteiger partial charge on any atom is -0.462 e. The lowest BCUT2D eigenvalue weighted by Crippen LogP contribution is -2.07. The van der Waals surface area contributed by atoms with E-state index in [1.165, 1.54) is 0 Å². The molecule has 0 unspecified atom stereocenters. The van der Waals surface area contributed by atoms with Gasteiger partial charge in [-0.15, -0.1) is 0 Å². The first kappa shape index (κ1) is 18.7. The maximum absolute atomic E-state index is 12.2. The summed E-state index contributed by atoms with van der Waals surface area (Å²) in [5.74, 6) is -0.191. The molecule has 0 aliphatic carbocycles. The summed E-state index contributed by atoms with van der Waals surface area (Å²) in [6.07, 6.45) is 3.04. The number of hydrogen-bond acceptors (Lipinski definition) is 4. The molecule has 0 bridgehead atoms. The van der Waals surface area contributed by atoms with E-state index in [0.717, 1.165) is 29.5 Å². The van der Waals surface area contributed by atoms with Gasteiger partial charge in [-0.1, -0.05) is 31.5 Å². The number of ketones is 1. The number of Topliss-reactive ketones (excluding diaryl/α,β-unsaturated/α-hetero) is 1. The van der Waals surface area contributed by atoms with Crippen molar-refractivity contribution in [2.75, 3.05) is 12.3 Å². The maximum atomic E-state index is 12.2. The van der Waals surface area contributed by atoms with Crippen molar-refractivity contribution in [3.63, 3.8) is 0 Å². The summed E-state index contributed by atoms with van der Waals surface area (Å²) in [6, 6.07) is 12.8. The van der Waals surface area contributed by atoms with Crippen LogP contribution in [-0.4, -0.2) is 18.4 Å².